The minimum absolute atomic E-state index is 0.0399. The Labute approximate surface area is 147 Å². The van der Waals surface area contributed by atoms with Crippen LogP contribution in [0, 0.1) is 5.92 Å². The smallest absolute Gasteiger partial charge is 0.229 e. The summed E-state index contributed by atoms with van der Waals surface area (Å²) >= 11 is 12.0. The van der Waals surface area contributed by atoms with Crippen molar-refractivity contribution in [2.24, 2.45) is 13.0 Å². The molecule has 2 atom stereocenters. The number of nitrogens with one attached hydrogen (secondary N) is 1. The van der Waals surface area contributed by atoms with Crippen molar-refractivity contribution in [1.29, 1.82) is 0 Å². The maximum atomic E-state index is 12.4. The van der Waals surface area contributed by atoms with Crippen molar-refractivity contribution in [3.63, 3.8) is 0 Å². The summed E-state index contributed by atoms with van der Waals surface area (Å²) in [7, 11) is 1.87. The van der Waals surface area contributed by atoms with Crippen molar-refractivity contribution in [2.75, 3.05) is 5.32 Å². The summed E-state index contributed by atoms with van der Waals surface area (Å²) in [5.41, 5.74) is 1.09. The number of carbonyl (C=O) groups excluding carboxylic acids is 1. The minimum Gasteiger partial charge on any atom is -0.310 e. The van der Waals surface area contributed by atoms with Crippen LogP contribution in [0.3, 0.4) is 0 Å². The van der Waals surface area contributed by atoms with E-state index in [4.69, 9.17) is 23.2 Å². The van der Waals surface area contributed by atoms with E-state index in [9.17, 15) is 4.79 Å². The first kappa shape index (κ1) is 15.4. The van der Waals surface area contributed by atoms with E-state index in [0.29, 0.717) is 21.5 Å². The van der Waals surface area contributed by atoms with Gasteiger partial charge in [0.2, 0.25) is 5.91 Å². The SMILES string of the molecule is Cn1cc([C@@H]2C[C@H]2C(=O)Nc2cc3cc(Cl)nc(Cl)c3cn2)cn1. The zero-order valence-electron chi connectivity index (χ0n) is 12.7. The average Bonchev–Trinajstić information content (AvgIpc) is 3.21. The quantitative estimate of drug-likeness (QED) is 0.725. The molecule has 0 radical (unpaired) electrons. The summed E-state index contributed by atoms with van der Waals surface area (Å²) in [6, 6.07) is 3.43. The predicted molar refractivity (Wildman–Crippen MR) is 92.2 cm³/mol. The molecular formula is C16H13Cl2N5O. The summed E-state index contributed by atoms with van der Waals surface area (Å²) in [4.78, 5) is 20.6. The van der Waals surface area contributed by atoms with E-state index < -0.39 is 0 Å². The third-order valence-electron chi connectivity index (χ3n) is 4.17. The Balaban J connectivity index is 1.51. The molecule has 0 unspecified atom stereocenters. The number of hydrogen-bond acceptors (Lipinski definition) is 4. The minimum atomic E-state index is -0.0451. The van der Waals surface area contributed by atoms with Gasteiger partial charge in [-0.1, -0.05) is 23.2 Å². The summed E-state index contributed by atoms with van der Waals surface area (Å²) in [5.74, 6) is 0.619. The molecule has 3 heterocycles. The molecule has 8 heteroatoms. The second-order valence-electron chi connectivity index (χ2n) is 5.91. The molecule has 4 rings (SSSR count). The largest absolute Gasteiger partial charge is 0.310 e. The molecule has 1 saturated carbocycles. The molecule has 0 bridgehead atoms. The Morgan fingerprint density at radius 3 is 2.92 bits per heavy atom. The van der Waals surface area contributed by atoms with Crippen molar-refractivity contribution in [2.45, 2.75) is 12.3 Å². The van der Waals surface area contributed by atoms with Gasteiger partial charge in [-0.15, -0.1) is 0 Å². The summed E-state index contributed by atoms with van der Waals surface area (Å²) in [5, 5.41) is 9.08. The fraction of sp³-hybridized carbons (Fsp3) is 0.250. The number of pyridine rings is 2. The van der Waals surface area contributed by atoms with E-state index in [2.05, 4.69) is 20.4 Å². The first-order chi connectivity index (χ1) is 11.5. The van der Waals surface area contributed by atoms with Crippen LogP contribution >= 0.6 is 23.2 Å². The monoisotopic (exact) mass is 361 g/mol. The van der Waals surface area contributed by atoms with Crippen molar-refractivity contribution in [3.05, 3.63) is 46.6 Å². The molecular weight excluding hydrogens is 349 g/mol. The molecule has 3 aromatic rings. The normalized spacial score (nSPS) is 19.5. The van der Waals surface area contributed by atoms with Gasteiger partial charge in [0.1, 0.15) is 16.1 Å². The van der Waals surface area contributed by atoms with Gasteiger partial charge in [-0.2, -0.15) is 5.10 Å². The van der Waals surface area contributed by atoms with Crippen molar-refractivity contribution in [1.82, 2.24) is 19.7 Å². The Hall–Kier alpha value is -2.18. The second-order valence-corrected chi connectivity index (χ2v) is 6.66. The maximum Gasteiger partial charge on any atom is 0.229 e. The van der Waals surface area contributed by atoms with Gasteiger partial charge in [-0.05, 0) is 35.4 Å². The van der Waals surface area contributed by atoms with Gasteiger partial charge in [0.25, 0.3) is 0 Å². The summed E-state index contributed by atoms with van der Waals surface area (Å²) < 4.78 is 1.75. The summed E-state index contributed by atoms with van der Waals surface area (Å²) in [6.45, 7) is 0. The molecule has 0 spiro atoms. The number of halogens is 2. The van der Waals surface area contributed by atoms with Crippen LogP contribution in [-0.2, 0) is 11.8 Å². The Morgan fingerprint density at radius 1 is 1.33 bits per heavy atom. The molecule has 0 aliphatic heterocycles. The lowest BCUT2D eigenvalue weighted by Gasteiger charge is -2.06. The first-order valence-electron chi connectivity index (χ1n) is 7.42. The van der Waals surface area contributed by atoms with E-state index in [1.54, 1.807) is 23.0 Å². The van der Waals surface area contributed by atoms with Crippen LogP contribution in [0.25, 0.3) is 10.8 Å². The van der Waals surface area contributed by atoms with Gasteiger partial charge in [0, 0.05) is 30.7 Å². The third-order valence-corrected chi connectivity index (χ3v) is 4.65. The highest BCUT2D eigenvalue weighted by Crippen LogP contribution is 2.47. The van der Waals surface area contributed by atoms with E-state index >= 15 is 0 Å². The van der Waals surface area contributed by atoms with Crippen LogP contribution in [0.1, 0.15) is 17.9 Å². The van der Waals surface area contributed by atoms with Crippen LogP contribution in [0.4, 0.5) is 5.82 Å². The number of aromatic nitrogens is 4. The molecule has 0 aromatic carbocycles. The number of rotatable bonds is 3. The molecule has 122 valence electrons. The maximum absolute atomic E-state index is 12.4. The predicted octanol–water partition coefficient (Wildman–Crippen LogP) is 3.41. The number of anilines is 1. The second kappa shape index (κ2) is 5.72. The van der Waals surface area contributed by atoms with Crippen molar-refractivity contribution < 1.29 is 4.79 Å². The van der Waals surface area contributed by atoms with Crippen LogP contribution in [0.2, 0.25) is 10.3 Å². The number of hydrogen-bond donors (Lipinski definition) is 1. The van der Waals surface area contributed by atoms with Gasteiger partial charge in [0.15, 0.2) is 0 Å². The van der Waals surface area contributed by atoms with Crippen LogP contribution in [0.5, 0.6) is 0 Å². The van der Waals surface area contributed by atoms with Crippen LogP contribution in [0.15, 0.2) is 30.7 Å². The van der Waals surface area contributed by atoms with E-state index in [-0.39, 0.29) is 17.7 Å². The molecule has 0 saturated heterocycles. The van der Waals surface area contributed by atoms with Gasteiger partial charge in [-0.3, -0.25) is 9.48 Å². The fourth-order valence-electron chi connectivity index (χ4n) is 2.85. The number of aryl methyl sites for hydroxylation is 1. The molecule has 6 nitrogen and oxygen atoms in total. The third kappa shape index (κ3) is 2.83. The highest BCUT2D eigenvalue weighted by Gasteiger charge is 2.44. The molecule has 24 heavy (non-hydrogen) atoms. The van der Waals surface area contributed by atoms with Crippen LogP contribution in [-0.4, -0.2) is 25.7 Å². The first-order valence-corrected chi connectivity index (χ1v) is 8.18. The fourth-order valence-corrected chi connectivity index (χ4v) is 3.34. The van der Waals surface area contributed by atoms with Crippen LogP contribution < -0.4 is 5.32 Å². The van der Waals surface area contributed by atoms with Gasteiger partial charge < -0.3 is 5.32 Å². The molecule has 1 N–H and O–H groups in total. The van der Waals surface area contributed by atoms with Gasteiger partial charge in [-0.25, -0.2) is 9.97 Å². The van der Waals surface area contributed by atoms with Gasteiger partial charge >= 0.3 is 0 Å². The van der Waals surface area contributed by atoms with E-state index in [0.717, 1.165) is 17.4 Å². The number of amides is 1. The topological polar surface area (TPSA) is 72.7 Å². The Morgan fingerprint density at radius 2 is 2.17 bits per heavy atom. The van der Waals surface area contributed by atoms with Crippen molar-refractivity contribution >= 4 is 45.7 Å². The van der Waals surface area contributed by atoms with E-state index in [1.807, 2.05) is 19.4 Å². The Kier molecular flexibility index (Phi) is 3.66. The van der Waals surface area contributed by atoms with E-state index in [1.165, 1.54) is 0 Å². The molecule has 1 amide bonds. The Bertz CT molecular complexity index is 955. The lowest BCUT2D eigenvalue weighted by atomic mass is 10.2. The zero-order valence-corrected chi connectivity index (χ0v) is 14.2. The number of nitrogens with zero attached hydrogens (tertiary/aromatic N) is 4. The summed E-state index contributed by atoms with van der Waals surface area (Å²) in [6.07, 6.45) is 6.17. The zero-order chi connectivity index (χ0) is 16.8. The number of fused-ring (bicyclic) bond motifs is 1. The number of carbonyl (C=O) groups is 1. The average molecular weight is 362 g/mol. The lowest BCUT2D eigenvalue weighted by Crippen LogP contribution is -2.15. The lowest BCUT2D eigenvalue weighted by molar-refractivity contribution is -0.117. The molecule has 1 fully saturated rings. The van der Waals surface area contributed by atoms with Crippen molar-refractivity contribution in [3.8, 4) is 0 Å². The van der Waals surface area contributed by atoms with Gasteiger partial charge in [0.05, 0.1) is 6.20 Å². The molecule has 3 aromatic heterocycles. The highest BCUT2D eigenvalue weighted by atomic mass is 35.5. The standard InChI is InChI=1S/C16H13Cl2N5O/c1-23-7-9(5-20-23)10-4-11(10)16(24)22-14-3-8-2-13(17)21-15(18)12(8)6-19-14/h2-3,5-7,10-11H,4H2,1H3,(H,19,22,24)/t10-,11+/m0/s1. The molecule has 1 aliphatic carbocycles. The highest BCUT2D eigenvalue weighted by molar-refractivity contribution is 6.36. The molecule has 1 aliphatic rings.